The maximum atomic E-state index is 11.6. The maximum Gasteiger partial charge on any atom is 0.329 e. The van der Waals surface area contributed by atoms with Crippen molar-refractivity contribution in [3.05, 3.63) is 69.4 Å². The summed E-state index contributed by atoms with van der Waals surface area (Å²) in [5, 5.41) is 5.20. The van der Waals surface area contributed by atoms with Crippen molar-refractivity contribution in [2.45, 2.75) is 0 Å². The van der Waals surface area contributed by atoms with Crippen LogP contribution in [0.5, 0.6) is 0 Å². The van der Waals surface area contributed by atoms with Gasteiger partial charge in [0.1, 0.15) is 5.82 Å². The van der Waals surface area contributed by atoms with Crippen molar-refractivity contribution in [3.63, 3.8) is 0 Å². The van der Waals surface area contributed by atoms with Crippen molar-refractivity contribution in [2.24, 2.45) is 7.05 Å². The minimum Gasteiger partial charge on any atom is -0.341 e. The molecular formula is C15H13N3O2. The van der Waals surface area contributed by atoms with E-state index in [1.807, 2.05) is 42.5 Å². The van der Waals surface area contributed by atoms with Crippen LogP contribution in [-0.2, 0) is 7.05 Å². The number of aromatic amines is 1. The lowest BCUT2D eigenvalue weighted by atomic mass is 10.1. The van der Waals surface area contributed by atoms with Gasteiger partial charge in [-0.25, -0.2) is 4.79 Å². The molecule has 0 fully saturated rings. The van der Waals surface area contributed by atoms with E-state index < -0.39 is 5.69 Å². The van der Waals surface area contributed by atoms with Crippen molar-refractivity contribution in [2.75, 3.05) is 5.32 Å². The Labute approximate surface area is 114 Å². The number of H-pyrrole nitrogens is 1. The lowest BCUT2D eigenvalue weighted by Gasteiger charge is -2.09. The van der Waals surface area contributed by atoms with Crippen LogP contribution in [0.1, 0.15) is 0 Å². The van der Waals surface area contributed by atoms with Gasteiger partial charge in [0.05, 0.1) is 0 Å². The molecule has 3 rings (SSSR count). The first-order chi connectivity index (χ1) is 9.65. The van der Waals surface area contributed by atoms with Crippen LogP contribution in [0.4, 0.5) is 11.5 Å². The Hall–Kier alpha value is -2.82. The molecule has 0 bridgehead atoms. The van der Waals surface area contributed by atoms with Crippen LogP contribution in [-0.4, -0.2) is 9.55 Å². The van der Waals surface area contributed by atoms with Crippen LogP contribution >= 0.6 is 0 Å². The Kier molecular flexibility index (Phi) is 2.87. The number of aromatic nitrogens is 2. The third-order valence-corrected chi connectivity index (χ3v) is 3.20. The average molecular weight is 267 g/mol. The van der Waals surface area contributed by atoms with Crippen molar-refractivity contribution in [3.8, 4) is 0 Å². The molecule has 2 N–H and O–H groups in total. The third-order valence-electron chi connectivity index (χ3n) is 3.20. The summed E-state index contributed by atoms with van der Waals surface area (Å²) in [6, 6.07) is 15.1. The van der Waals surface area contributed by atoms with E-state index in [2.05, 4.69) is 10.3 Å². The molecule has 5 heteroatoms. The summed E-state index contributed by atoms with van der Waals surface area (Å²) < 4.78 is 1.02. The molecule has 1 heterocycles. The Morgan fingerprint density at radius 1 is 1.05 bits per heavy atom. The molecule has 0 saturated carbocycles. The van der Waals surface area contributed by atoms with Crippen molar-refractivity contribution in [1.82, 2.24) is 9.55 Å². The summed E-state index contributed by atoms with van der Waals surface area (Å²) >= 11 is 0. The number of fused-ring (bicyclic) bond motifs is 1. The first-order valence-corrected chi connectivity index (χ1v) is 6.20. The van der Waals surface area contributed by atoms with Gasteiger partial charge < -0.3 is 5.32 Å². The summed E-state index contributed by atoms with van der Waals surface area (Å²) in [5.74, 6) is 0.384. The zero-order valence-corrected chi connectivity index (χ0v) is 10.9. The van der Waals surface area contributed by atoms with Gasteiger partial charge in [-0.05, 0) is 11.5 Å². The summed E-state index contributed by atoms with van der Waals surface area (Å²) in [7, 11) is 1.43. The van der Waals surface area contributed by atoms with Crippen molar-refractivity contribution >= 4 is 22.3 Å². The van der Waals surface area contributed by atoms with Gasteiger partial charge in [0.25, 0.3) is 5.56 Å². The normalized spacial score (nSPS) is 10.7. The van der Waals surface area contributed by atoms with E-state index >= 15 is 0 Å². The molecule has 0 aliphatic heterocycles. The first kappa shape index (κ1) is 12.2. The molecule has 3 aromatic rings. The second-order valence-corrected chi connectivity index (χ2v) is 4.54. The highest BCUT2D eigenvalue weighted by Crippen LogP contribution is 2.24. The Bertz CT molecular complexity index is 857. The summed E-state index contributed by atoms with van der Waals surface area (Å²) in [6.45, 7) is 0. The lowest BCUT2D eigenvalue weighted by Crippen LogP contribution is -2.32. The molecule has 20 heavy (non-hydrogen) atoms. The molecule has 2 aromatic carbocycles. The van der Waals surface area contributed by atoms with Gasteiger partial charge in [0.2, 0.25) is 0 Å². The molecule has 100 valence electrons. The van der Waals surface area contributed by atoms with Gasteiger partial charge in [-0.2, -0.15) is 0 Å². The van der Waals surface area contributed by atoms with E-state index in [9.17, 15) is 9.59 Å². The van der Waals surface area contributed by atoms with Crippen LogP contribution in [0.3, 0.4) is 0 Å². The second kappa shape index (κ2) is 4.70. The molecule has 1 aromatic heterocycles. The first-order valence-electron chi connectivity index (χ1n) is 6.20. The zero-order valence-electron chi connectivity index (χ0n) is 10.9. The monoisotopic (exact) mass is 267 g/mol. The largest absolute Gasteiger partial charge is 0.341 e. The Balaban J connectivity index is 2.10. The zero-order chi connectivity index (χ0) is 14.1. The average Bonchev–Trinajstić information content (AvgIpc) is 2.45. The Morgan fingerprint density at radius 2 is 1.80 bits per heavy atom. The molecule has 0 radical (unpaired) electrons. The summed E-state index contributed by atoms with van der Waals surface area (Å²) in [6.07, 6.45) is 0. The quantitative estimate of drug-likeness (QED) is 0.746. The van der Waals surface area contributed by atoms with E-state index in [1.54, 1.807) is 0 Å². The molecule has 0 saturated heterocycles. The molecule has 0 aliphatic carbocycles. The fourth-order valence-electron chi connectivity index (χ4n) is 2.10. The maximum absolute atomic E-state index is 11.6. The van der Waals surface area contributed by atoms with E-state index in [1.165, 1.54) is 13.1 Å². The van der Waals surface area contributed by atoms with Crippen LogP contribution < -0.4 is 16.6 Å². The highest BCUT2D eigenvalue weighted by Gasteiger charge is 2.03. The van der Waals surface area contributed by atoms with Gasteiger partial charge in [-0.15, -0.1) is 0 Å². The van der Waals surface area contributed by atoms with Crippen LogP contribution in [0.2, 0.25) is 0 Å². The number of anilines is 2. The number of benzene rings is 2. The third kappa shape index (κ3) is 2.09. The number of rotatable bonds is 2. The molecule has 0 amide bonds. The SMILES string of the molecule is Cn1c(=O)cc(Nc2cccc3ccccc23)[nH]c1=O. The fraction of sp³-hybridized carbons (Fsp3) is 0.0667. The molecule has 5 nitrogen and oxygen atoms in total. The number of hydrogen-bond donors (Lipinski definition) is 2. The van der Waals surface area contributed by atoms with E-state index in [0.29, 0.717) is 5.82 Å². The molecular weight excluding hydrogens is 254 g/mol. The topological polar surface area (TPSA) is 66.9 Å². The van der Waals surface area contributed by atoms with Crippen molar-refractivity contribution in [1.29, 1.82) is 0 Å². The predicted octanol–water partition coefficient (Wildman–Crippen LogP) is 1.97. The Morgan fingerprint density at radius 3 is 2.60 bits per heavy atom. The van der Waals surface area contributed by atoms with Gasteiger partial charge in [0.15, 0.2) is 0 Å². The number of nitrogens with one attached hydrogen (secondary N) is 2. The van der Waals surface area contributed by atoms with Gasteiger partial charge in [-0.1, -0.05) is 36.4 Å². The minimum atomic E-state index is -0.444. The molecule has 0 spiro atoms. The minimum absolute atomic E-state index is 0.350. The van der Waals surface area contributed by atoms with Crippen LogP contribution in [0.25, 0.3) is 10.8 Å². The predicted molar refractivity (Wildman–Crippen MR) is 79.5 cm³/mol. The van der Waals surface area contributed by atoms with Crippen molar-refractivity contribution < 1.29 is 0 Å². The number of hydrogen-bond acceptors (Lipinski definition) is 3. The van der Waals surface area contributed by atoms with Gasteiger partial charge >= 0.3 is 5.69 Å². The number of nitrogens with zero attached hydrogens (tertiary/aromatic N) is 1. The highest BCUT2D eigenvalue weighted by atomic mass is 16.2. The molecule has 0 atom stereocenters. The van der Waals surface area contributed by atoms with Crippen LogP contribution in [0, 0.1) is 0 Å². The second-order valence-electron chi connectivity index (χ2n) is 4.54. The van der Waals surface area contributed by atoms with E-state index in [0.717, 1.165) is 21.0 Å². The standard InChI is InChI=1S/C15H13N3O2/c1-18-14(19)9-13(17-15(18)20)16-12-8-4-6-10-5-2-3-7-11(10)12/h2-9,16H,1H3,(H,17,20). The van der Waals surface area contributed by atoms with E-state index in [-0.39, 0.29) is 5.56 Å². The fourth-order valence-corrected chi connectivity index (χ4v) is 2.10. The van der Waals surface area contributed by atoms with Gasteiger partial charge in [-0.3, -0.25) is 14.3 Å². The van der Waals surface area contributed by atoms with E-state index in [4.69, 9.17) is 0 Å². The molecule has 0 unspecified atom stereocenters. The summed E-state index contributed by atoms with van der Waals surface area (Å²) in [5.41, 5.74) is 0.0451. The highest BCUT2D eigenvalue weighted by molar-refractivity contribution is 5.95. The lowest BCUT2D eigenvalue weighted by molar-refractivity contribution is 0.778. The molecule has 0 aliphatic rings. The summed E-state index contributed by atoms with van der Waals surface area (Å²) in [4.78, 5) is 25.8. The van der Waals surface area contributed by atoms with Crippen LogP contribution in [0.15, 0.2) is 58.1 Å². The smallest absolute Gasteiger partial charge is 0.329 e. The van der Waals surface area contributed by atoms with Gasteiger partial charge in [0, 0.05) is 24.2 Å².